The van der Waals surface area contributed by atoms with Gasteiger partial charge in [0.2, 0.25) is 5.91 Å². The molecular weight excluding hydrogens is 373 g/mol. The van der Waals surface area contributed by atoms with Crippen molar-refractivity contribution in [3.8, 4) is 0 Å². The Balaban J connectivity index is 1.82. The number of para-hydroxylation sites is 1. The van der Waals surface area contributed by atoms with Crippen molar-refractivity contribution >= 4 is 40.2 Å². The lowest BCUT2D eigenvalue weighted by Gasteiger charge is -2.21. The van der Waals surface area contributed by atoms with E-state index >= 15 is 0 Å². The van der Waals surface area contributed by atoms with Crippen LogP contribution in [0.15, 0.2) is 36.4 Å². The van der Waals surface area contributed by atoms with E-state index in [1.807, 2.05) is 18.2 Å². The molecule has 0 spiro atoms. The van der Waals surface area contributed by atoms with Crippen molar-refractivity contribution < 1.29 is 19.4 Å². The minimum Gasteiger partial charge on any atom is -0.481 e. The second-order valence-electron chi connectivity index (χ2n) is 4.81. The number of ether oxygens (including phenoxy) is 1. The molecule has 2 bridgehead atoms. The van der Waals surface area contributed by atoms with E-state index in [1.54, 1.807) is 18.2 Å². The third kappa shape index (κ3) is 2.22. The van der Waals surface area contributed by atoms with Crippen molar-refractivity contribution in [3.05, 3.63) is 40.0 Å². The van der Waals surface area contributed by atoms with Crippen LogP contribution in [0, 0.1) is 15.4 Å². The molecule has 0 unspecified atom stereocenters. The summed E-state index contributed by atoms with van der Waals surface area (Å²) in [5, 5.41) is 12.1. The van der Waals surface area contributed by atoms with Crippen LogP contribution in [0.1, 0.15) is 0 Å². The van der Waals surface area contributed by atoms with E-state index in [2.05, 4.69) is 27.9 Å². The van der Waals surface area contributed by atoms with E-state index in [0.29, 0.717) is 5.69 Å². The number of hydrogen-bond acceptors (Lipinski definition) is 3. The molecule has 1 aromatic carbocycles. The van der Waals surface area contributed by atoms with Crippen molar-refractivity contribution in [2.75, 3.05) is 5.32 Å². The highest BCUT2D eigenvalue weighted by Crippen LogP contribution is 2.40. The number of halogens is 1. The Morgan fingerprint density at radius 1 is 1.15 bits per heavy atom. The lowest BCUT2D eigenvalue weighted by Crippen LogP contribution is -2.39. The smallest absolute Gasteiger partial charge is 0.310 e. The molecular formula is C14H12INO4. The third-order valence-electron chi connectivity index (χ3n) is 3.62. The van der Waals surface area contributed by atoms with Gasteiger partial charge >= 0.3 is 5.97 Å². The first-order chi connectivity index (χ1) is 9.58. The first kappa shape index (κ1) is 13.6. The maximum Gasteiger partial charge on any atom is 0.310 e. The molecule has 2 aliphatic rings. The fraction of sp³-hybridized carbons (Fsp3) is 0.286. The predicted molar refractivity (Wildman–Crippen MR) is 80.2 cm³/mol. The second-order valence-corrected chi connectivity index (χ2v) is 5.97. The minimum absolute atomic E-state index is 0.307. The zero-order chi connectivity index (χ0) is 14.3. The average Bonchev–Trinajstić information content (AvgIpc) is 3.01. The number of anilines is 1. The van der Waals surface area contributed by atoms with Crippen LogP contribution in [-0.2, 0) is 14.3 Å². The fourth-order valence-corrected chi connectivity index (χ4v) is 3.22. The van der Waals surface area contributed by atoms with Crippen molar-refractivity contribution in [3.63, 3.8) is 0 Å². The van der Waals surface area contributed by atoms with Gasteiger partial charge in [0.05, 0.1) is 23.8 Å². The van der Waals surface area contributed by atoms with Gasteiger partial charge in [-0.2, -0.15) is 0 Å². The van der Waals surface area contributed by atoms with Crippen LogP contribution in [-0.4, -0.2) is 29.2 Å². The molecule has 20 heavy (non-hydrogen) atoms. The molecule has 5 nitrogen and oxygen atoms in total. The summed E-state index contributed by atoms with van der Waals surface area (Å²) in [5.41, 5.74) is 0.689. The van der Waals surface area contributed by atoms with Gasteiger partial charge in [0, 0.05) is 3.57 Å². The zero-order valence-corrected chi connectivity index (χ0v) is 12.5. The predicted octanol–water partition coefficient (Wildman–Crippen LogP) is 1.88. The largest absolute Gasteiger partial charge is 0.481 e. The van der Waals surface area contributed by atoms with Crippen molar-refractivity contribution in [1.82, 2.24) is 0 Å². The summed E-state index contributed by atoms with van der Waals surface area (Å²) >= 11 is 2.12. The summed E-state index contributed by atoms with van der Waals surface area (Å²) in [6.07, 6.45) is 2.55. The summed E-state index contributed by atoms with van der Waals surface area (Å²) in [7, 11) is 0. The molecule has 2 N–H and O–H groups in total. The molecule has 0 radical (unpaired) electrons. The van der Waals surface area contributed by atoms with Crippen molar-refractivity contribution in [2.45, 2.75) is 12.2 Å². The van der Waals surface area contributed by atoms with Crippen LogP contribution in [0.3, 0.4) is 0 Å². The van der Waals surface area contributed by atoms with E-state index in [-0.39, 0.29) is 5.91 Å². The monoisotopic (exact) mass is 385 g/mol. The van der Waals surface area contributed by atoms with Gasteiger partial charge in [-0.05, 0) is 34.7 Å². The van der Waals surface area contributed by atoms with Gasteiger partial charge in [-0.1, -0.05) is 24.3 Å². The summed E-state index contributed by atoms with van der Waals surface area (Å²) in [6, 6.07) is 7.37. The molecule has 3 rings (SSSR count). The Morgan fingerprint density at radius 2 is 1.80 bits per heavy atom. The molecule has 1 amide bonds. The lowest BCUT2D eigenvalue weighted by atomic mass is 9.82. The molecule has 2 heterocycles. The van der Waals surface area contributed by atoms with Gasteiger partial charge in [0.25, 0.3) is 0 Å². The van der Waals surface area contributed by atoms with Gasteiger partial charge in [-0.15, -0.1) is 0 Å². The third-order valence-corrected chi connectivity index (χ3v) is 4.56. The maximum atomic E-state index is 12.4. The van der Waals surface area contributed by atoms with Crippen LogP contribution >= 0.6 is 22.6 Å². The average molecular weight is 385 g/mol. The number of carboxylic acid groups (broad SMARTS) is 1. The first-order valence-electron chi connectivity index (χ1n) is 6.20. The number of carbonyl (C=O) groups excluding carboxylic acids is 1. The zero-order valence-electron chi connectivity index (χ0n) is 10.3. The molecule has 0 saturated carbocycles. The number of fused-ring (bicyclic) bond motifs is 2. The molecule has 6 heteroatoms. The van der Waals surface area contributed by atoms with E-state index in [1.165, 1.54) is 0 Å². The number of hydrogen-bond donors (Lipinski definition) is 2. The molecule has 1 saturated heterocycles. The Labute approximate surface area is 129 Å². The summed E-state index contributed by atoms with van der Waals surface area (Å²) in [4.78, 5) is 23.7. The summed E-state index contributed by atoms with van der Waals surface area (Å²) < 4.78 is 6.40. The Hall–Kier alpha value is -1.41. The van der Waals surface area contributed by atoms with Crippen molar-refractivity contribution in [1.29, 1.82) is 0 Å². The van der Waals surface area contributed by atoms with Crippen molar-refractivity contribution in [2.24, 2.45) is 11.8 Å². The molecule has 4 atom stereocenters. The number of benzene rings is 1. The lowest BCUT2D eigenvalue weighted by molar-refractivity contribution is -0.145. The van der Waals surface area contributed by atoms with E-state index in [0.717, 1.165) is 3.57 Å². The Morgan fingerprint density at radius 3 is 2.45 bits per heavy atom. The quantitative estimate of drug-likeness (QED) is 0.616. The molecule has 1 aromatic rings. The highest BCUT2D eigenvalue weighted by molar-refractivity contribution is 14.1. The SMILES string of the molecule is O=C(O)[C@@H]1[C@H](C(=O)Nc2ccccc2I)[C@@H]2C=C[C@@H]1O2. The number of rotatable bonds is 3. The van der Waals surface area contributed by atoms with Crippen LogP contribution in [0.5, 0.6) is 0 Å². The van der Waals surface area contributed by atoms with Crippen LogP contribution in [0.2, 0.25) is 0 Å². The summed E-state index contributed by atoms with van der Waals surface area (Å²) in [5.74, 6) is -2.80. The Kier molecular flexibility index (Phi) is 3.51. The first-order valence-corrected chi connectivity index (χ1v) is 7.28. The fourth-order valence-electron chi connectivity index (χ4n) is 2.69. The molecule has 1 fully saturated rings. The number of nitrogens with one attached hydrogen (secondary N) is 1. The topological polar surface area (TPSA) is 75.6 Å². The van der Waals surface area contributed by atoms with Gasteiger partial charge < -0.3 is 15.2 Å². The van der Waals surface area contributed by atoms with Gasteiger partial charge in [-0.25, -0.2) is 0 Å². The number of carbonyl (C=O) groups is 2. The van der Waals surface area contributed by atoms with E-state index in [9.17, 15) is 14.7 Å². The van der Waals surface area contributed by atoms with Crippen LogP contribution in [0.25, 0.3) is 0 Å². The van der Waals surface area contributed by atoms with E-state index < -0.39 is 30.0 Å². The van der Waals surface area contributed by atoms with Gasteiger partial charge in [0.15, 0.2) is 0 Å². The normalized spacial score (nSPS) is 30.4. The van der Waals surface area contributed by atoms with Gasteiger partial charge in [0.1, 0.15) is 5.92 Å². The molecule has 0 aromatic heterocycles. The highest BCUT2D eigenvalue weighted by Gasteiger charge is 2.53. The molecule has 0 aliphatic carbocycles. The van der Waals surface area contributed by atoms with E-state index in [4.69, 9.17) is 4.74 Å². The highest BCUT2D eigenvalue weighted by atomic mass is 127. The van der Waals surface area contributed by atoms with Crippen LogP contribution in [0.4, 0.5) is 5.69 Å². The molecule has 2 aliphatic heterocycles. The standard InChI is InChI=1S/C14H12INO4/c15-7-3-1-2-4-8(7)16-13(17)11-9-5-6-10(20-9)12(11)14(18)19/h1-6,9-12H,(H,16,17)(H,18,19)/t9-,10-,11+,12-/m0/s1. The Bertz CT molecular complexity index is 601. The minimum atomic E-state index is -0.996. The number of aliphatic carboxylic acids is 1. The van der Waals surface area contributed by atoms with Crippen LogP contribution < -0.4 is 5.32 Å². The second kappa shape index (κ2) is 5.17. The number of carboxylic acids is 1. The summed E-state index contributed by atoms with van der Waals surface area (Å²) in [6.45, 7) is 0. The molecule has 104 valence electrons. The number of amides is 1. The maximum absolute atomic E-state index is 12.4. The van der Waals surface area contributed by atoms with Gasteiger partial charge in [-0.3, -0.25) is 9.59 Å².